The van der Waals surface area contributed by atoms with Crippen molar-refractivity contribution >= 4 is 17.9 Å². The van der Waals surface area contributed by atoms with E-state index >= 15 is 0 Å². The first-order valence-corrected chi connectivity index (χ1v) is 3.94. The lowest BCUT2D eigenvalue weighted by atomic mass is 10.5. The number of aromatic nitrogens is 3. The van der Waals surface area contributed by atoms with E-state index in [4.69, 9.17) is 5.73 Å². The summed E-state index contributed by atoms with van der Waals surface area (Å²) >= 11 is 0. The zero-order chi connectivity index (χ0) is 11.4. The van der Waals surface area contributed by atoms with Gasteiger partial charge in [-0.1, -0.05) is 0 Å². The lowest BCUT2D eigenvalue weighted by molar-refractivity contribution is -0.141. The number of anilines is 1. The summed E-state index contributed by atoms with van der Waals surface area (Å²) in [6.45, 7) is -0.245. The van der Waals surface area contributed by atoms with Crippen LogP contribution >= 0.6 is 0 Å². The predicted molar refractivity (Wildman–Crippen MR) is 47.8 cm³/mol. The summed E-state index contributed by atoms with van der Waals surface area (Å²) in [6, 6.07) is 0. The number of carbonyl (C=O) groups excluding carboxylic acids is 2. The van der Waals surface area contributed by atoms with E-state index in [1.165, 1.54) is 14.2 Å². The van der Waals surface area contributed by atoms with Crippen LogP contribution in [-0.4, -0.2) is 40.9 Å². The van der Waals surface area contributed by atoms with Crippen LogP contribution in [0.15, 0.2) is 0 Å². The van der Waals surface area contributed by atoms with E-state index in [0.717, 1.165) is 4.68 Å². The number of rotatable bonds is 3. The number of hydrogen-bond acceptors (Lipinski definition) is 7. The van der Waals surface area contributed by atoms with Gasteiger partial charge >= 0.3 is 11.9 Å². The molecule has 0 saturated carbocycles. The maximum absolute atomic E-state index is 11.2. The highest BCUT2D eigenvalue weighted by molar-refractivity contribution is 5.86. The second-order valence-electron chi connectivity index (χ2n) is 2.52. The Labute approximate surface area is 85.0 Å². The number of nitrogen functional groups attached to an aromatic ring is 1. The van der Waals surface area contributed by atoms with Crippen LogP contribution < -0.4 is 5.73 Å². The molecule has 0 aliphatic rings. The number of ether oxygens (including phenoxy) is 2. The maximum Gasteiger partial charge on any atom is 0.375 e. The molecule has 0 amide bonds. The van der Waals surface area contributed by atoms with Crippen LogP contribution in [0.25, 0.3) is 0 Å². The van der Waals surface area contributed by atoms with Crippen LogP contribution in [0.1, 0.15) is 10.6 Å². The molecule has 15 heavy (non-hydrogen) atoms. The van der Waals surface area contributed by atoms with Crippen LogP contribution in [0.5, 0.6) is 0 Å². The Morgan fingerprint density at radius 2 is 2.07 bits per heavy atom. The lowest BCUT2D eigenvalue weighted by Gasteiger charge is -2.01. The number of methoxy groups -OCH3 is 2. The molecule has 1 rings (SSSR count). The molecular weight excluding hydrogens is 204 g/mol. The van der Waals surface area contributed by atoms with Gasteiger partial charge in [0, 0.05) is 0 Å². The lowest BCUT2D eigenvalue weighted by Crippen LogP contribution is -2.18. The standard InChI is InChI=1S/C7H10N4O4/c1-14-4(12)3-11-5(6(13)15-2)9-7(8)10-11/h3H2,1-2H3,(H2,8,10). The minimum atomic E-state index is -0.719. The fourth-order valence-corrected chi connectivity index (χ4v) is 0.899. The van der Waals surface area contributed by atoms with Gasteiger partial charge in [0.25, 0.3) is 0 Å². The first kappa shape index (κ1) is 11.0. The van der Waals surface area contributed by atoms with Gasteiger partial charge in [-0.05, 0) is 0 Å². The highest BCUT2D eigenvalue weighted by Crippen LogP contribution is 2.02. The smallest absolute Gasteiger partial charge is 0.375 e. The Balaban J connectivity index is 2.96. The number of carbonyl (C=O) groups is 2. The van der Waals surface area contributed by atoms with E-state index in [1.807, 2.05) is 0 Å². The van der Waals surface area contributed by atoms with Gasteiger partial charge in [0.1, 0.15) is 6.54 Å². The summed E-state index contributed by atoms with van der Waals surface area (Å²) in [5.74, 6) is -1.53. The predicted octanol–water partition coefficient (Wildman–Crippen LogP) is -1.18. The van der Waals surface area contributed by atoms with Gasteiger partial charge in [-0.2, -0.15) is 4.98 Å². The van der Waals surface area contributed by atoms with Crippen molar-refractivity contribution in [1.29, 1.82) is 0 Å². The van der Waals surface area contributed by atoms with Crippen molar-refractivity contribution in [3.05, 3.63) is 5.82 Å². The summed E-state index contributed by atoms with van der Waals surface area (Å²) < 4.78 is 9.87. The molecule has 0 atom stereocenters. The summed E-state index contributed by atoms with van der Waals surface area (Å²) in [7, 11) is 2.41. The Hall–Kier alpha value is -2.12. The molecule has 0 unspecified atom stereocenters. The normalized spacial score (nSPS) is 9.73. The van der Waals surface area contributed by atoms with Gasteiger partial charge in [0.15, 0.2) is 0 Å². The first-order valence-electron chi connectivity index (χ1n) is 3.94. The first-order chi connectivity index (χ1) is 7.08. The molecule has 0 aliphatic carbocycles. The highest BCUT2D eigenvalue weighted by atomic mass is 16.5. The van der Waals surface area contributed by atoms with Crippen molar-refractivity contribution in [3.8, 4) is 0 Å². The second kappa shape index (κ2) is 4.40. The third-order valence-corrected chi connectivity index (χ3v) is 1.56. The third kappa shape index (κ3) is 2.42. The molecule has 2 N–H and O–H groups in total. The van der Waals surface area contributed by atoms with Crippen LogP contribution in [0.2, 0.25) is 0 Å². The Morgan fingerprint density at radius 1 is 1.40 bits per heavy atom. The van der Waals surface area contributed by atoms with Gasteiger partial charge in [-0.25, -0.2) is 9.48 Å². The van der Waals surface area contributed by atoms with Crippen molar-refractivity contribution in [2.45, 2.75) is 6.54 Å². The minimum Gasteiger partial charge on any atom is -0.468 e. The monoisotopic (exact) mass is 214 g/mol. The molecule has 8 heteroatoms. The molecule has 0 fully saturated rings. The summed E-state index contributed by atoms with van der Waals surface area (Å²) in [5.41, 5.74) is 5.29. The van der Waals surface area contributed by atoms with Crippen LogP contribution in [0.4, 0.5) is 5.95 Å². The SMILES string of the molecule is COC(=O)Cn1nc(N)nc1C(=O)OC. The molecule has 1 heterocycles. The highest BCUT2D eigenvalue weighted by Gasteiger charge is 2.18. The number of nitrogens with zero attached hydrogens (tertiary/aromatic N) is 3. The quantitative estimate of drug-likeness (QED) is 0.630. The molecule has 0 bridgehead atoms. The molecule has 8 nitrogen and oxygen atoms in total. The molecule has 0 radical (unpaired) electrons. The fourth-order valence-electron chi connectivity index (χ4n) is 0.899. The maximum atomic E-state index is 11.2. The molecule has 0 spiro atoms. The van der Waals surface area contributed by atoms with Crippen molar-refractivity contribution in [2.75, 3.05) is 20.0 Å². The van der Waals surface area contributed by atoms with E-state index in [1.54, 1.807) is 0 Å². The molecule has 1 aromatic rings. The molecule has 0 aromatic carbocycles. The van der Waals surface area contributed by atoms with Gasteiger partial charge < -0.3 is 15.2 Å². The van der Waals surface area contributed by atoms with Crippen LogP contribution in [0, 0.1) is 0 Å². The number of esters is 2. The second-order valence-corrected chi connectivity index (χ2v) is 2.52. The van der Waals surface area contributed by atoms with Crippen LogP contribution in [-0.2, 0) is 20.8 Å². The van der Waals surface area contributed by atoms with Crippen molar-refractivity contribution in [2.24, 2.45) is 0 Å². The molecule has 0 aliphatic heterocycles. The van der Waals surface area contributed by atoms with Gasteiger partial charge in [-0.15, -0.1) is 5.10 Å². The average molecular weight is 214 g/mol. The largest absolute Gasteiger partial charge is 0.468 e. The molecule has 0 saturated heterocycles. The van der Waals surface area contributed by atoms with E-state index in [2.05, 4.69) is 19.6 Å². The fraction of sp³-hybridized carbons (Fsp3) is 0.429. The third-order valence-electron chi connectivity index (χ3n) is 1.56. The van der Waals surface area contributed by atoms with Crippen molar-refractivity contribution in [3.63, 3.8) is 0 Å². The van der Waals surface area contributed by atoms with Crippen molar-refractivity contribution < 1.29 is 19.1 Å². The van der Waals surface area contributed by atoms with E-state index in [-0.39, 0.29) is 18.3 Å². The Kier molecular flexibility index (Phi) is 3.21. The van der Waals surface area contributed by atoms with E-state index in [0.29, 0.717) is 0 Å². The van der Waals surface area contributed by atoms with E-state index in [9.17, 15) is 9.59 Å². The van der Waals surface area contributed by atoms with Gasteiger partial charge in [0.05, 0.1) is 14.2 Å². The van der Waals surface area contributed by atoms with Crippen molar-refractivity contribution in [1.82, 2.24) is 14.8 Å². The topological polar surface area (TPSA) is 109 Å². The minimum absolute atomic E-state index is 0.112. The zero-order valence-electron chi connectivity index (χ0n) is 8.26. The Bertz CT molecular complexity index is 386. The van der Waals surface area contributed by atoms with E-state index < -0.39 is 11.9 Å². The van der Waals surface area contributed by atoms with Gasteiger partial charge in [0.2, 0.25) is 11.8 Å². The molecule has 82 valence electrons. The zero-order valence-corrected chi connectivity index (χ0v) is 8.26. The number of nitrogens with two attached hydrogens (primary N) is 1. The van der Waals surface area contributed by atoms with Gasteiger partial charge in [-0.3, -0.25) is 4.79 Å². The average Bonchev–Trinajstić information content (AvgIpc) is 2.58. The summed E-state index contributed by atoms with van der Waals surface area (Å²) in [6.07, 6.45) is 0. The molecule has 1 aromatic heterocycles. The summed E-state index contributed by atoms with van der Waals surface area (Å²) in [4.78, 5) is 25.7. The number of hydrogen-bond donors (Lipinski definition) is 1. The summed E-state index contributed by atoms with van der Waals surface area (Å²) in [5, 5.41) is 3.65. The Morgan fingerprint density at radius 3 is 2.60 bits per heavy atom. The van der Waals surface area contributed by atoms with Crippen LogP contribution in [0.3, 0.4) is 0 Å². The molecular formula is C7H10N4O4.